The van der Waals surface area contributed by atoms with Crippen LogP contribution < -0.4 is 0 Å². The Labute approximate surface area is 166 Å². The van der Waals surface area contributed by atoms with Gasteiger partial charge in [-0.2, -0.15) is 4.68 Å². The van der Waals surface area contributed by atoms with Gasteiger partial charge in [0, 0.05) is 11.7 Å². The van der Waals surface area contributed by atoms with Gasteiger partial charge in [0.25, 0.3) is 0 Å². The van der Waals surface area contributed by atoms with Crippen LogP contribution in [0, 0.1) is 11.3 Å². The molecule has 2 aromatic rings. The molecule has 142 valence electrons. The number of hydrogen-bond donors (Lipinski definition) is 0. The van der Waals surface area contributed by atoms with Crippen molar-refractivity contribution in [2.45, 2.75) is 45.7 Å². The van der Waals surface area contributed by atoms with E-state index in [0.717, 1.165) is 16.6 Å². The second kappa shape index (κ2) is 8.70. The van der Waals surface area contributed by atoms with E-state index in [4.69, 9.17) is 0 Å². The molecule has 0 N–H and O–H groups in total. The lowest BCUT2D eigenvalue weighted by Gasteiger charge is -2.36. The van der Waals surface area contributed by atoms with E-state index >= 15 is 0 Å². The third kappa shape index (κ3) is 4.98. The maximum Gasteiger partial charge on any atom is 0.214 e. The predicted octanol–water partition coefficient (Wildman–Crippen LogP) is 5.64. The quantitative estimate of drug-likeness (QED) is 0.369. The Bertz CT molecular complexity index is 846. The summed E-state index contributed by atoms with van der Waals surface area (Å²) in [4.78, 5) is 0. The van der Waals surface area contributed by atoms with Crippen molar-refractivity contribution in [2.24, 2.45) is 11.3 Å². The highest BCUT2D eigenvalue weighted by Gasteiger charge is 2.30. The minimum absolute atomic E-state index is 0.335. The Kier molecular flexibility index (Phi) is 6.32. The summed E-state index contributed by atoms with van der Waals surface area (Å²) in [6.07, 6.45) is 11.7. The summed E-state index contributed by atoms with van der Waals surface area (Å²) < 4.78 is 1.78. The molecule has 0 saturated heterocycles. The van der Waals surface area contributed by atoms with Crippen molar-refractivity contribution in [3.63, 3.8) is 0 Å². The van der Waals surface area contributed by atoms with Gasteiger partial charge >= 0.3 is 0 Å². The SMILES string of the molecule is CC1=CCCC(C)(C)C1/C=C/C(C)=C/CSc1nnnn1-c1ccccc1. The van der Waals surface area contributed by atoms with Gasteiger partial charge in [0.1, 0.15) is 0 Å². The van der Waals surface area contributed by atoms with Gasteiger partial charge < -0.3 is 0 Å². The molecule has 0 bridgehead atoms. The molecule has 0 radical (unpaired) electrons. The summed E-state index contributed by atoms with van der Waals surface area (Å²) in [5.74, 6) is 1.36. The first-order valence-corrected chi connectivity index (χ1v) is 10.4. The summed E-state index contributed by atoms with van der Waals surface area (Å²) in [5.41, 5.74) is 4.08. The minimum atomic E-state index is 0.335. The van der Waals surface area contributed by atoms with Gasteiger partial charge in [-0.15, -0.1) is 5.10 Å². The number of thioether (sulfide) groups is 1. The fourth-order valence-corrected chi connectivity index (χ4v) is 4.40. The first-order chi connectivity index (χ1) is 13.0. The van der Waals surface area contributed by atoms with Crippen molar-refractivity contribution >= 4 is 11.8 Å². The molecular formula is C22H28N4S. The van der Waals surface area contributed by atoms with Crippen LogP contribution >= 0.6 is 11.8 Å². The zero-order valence-electron chi connectivity index (χ0n) is 16.6. The van der Waals surface area contributed by atoms with Gasteiger partial charge in [-0.05, 0) is 54.7 Å². The molecule has 0 aliphatic heterocycles. The summed E-state index contributed by atoms with van der Waals surface area (Å²) in [6.45, 7) is 9.16. The Hall–Kier alpha value is -2.14. The molecule has 1 aliphatic carbocycles. The number of allylic oxidation sites excluding steroid dienone is 5. The number of nitrogens with zero attached hydrogens (tertiary/aromatic N) is 4. The Balaban J connectivity index is 1.62. The van der Waals surface area contributed by atoms with Gasteiger partial charge in [0.2, 0.25) is 5.16 Å². The number of tetrazole rings is 1. The number of para-hydroxylation sites is 1. The minimum Gasteiger partial charge on any atom is -0.188 e. The second-order valence-corrected chi connectivity index (χ2v) is 8.77. The van der Waals surface area contributed by atoms with E-state index in [1.54, 1.807) is 16.4 Å². The molecule has 27 heavy (non-hydrogen) atoms. The normalized spacial score (nSPS) is 20.1. The highest BCUT2D eigenvalue weighted by Crippen LogP contribution is 2.41. The Morgan fingerprint density at radius 3 is 2.81 bits per heavy atom. The van der Waals surface area contributed by atoms with E-state index in [1.807, 2.05) is 30.3 Å². The molecule has 1 unspecified atom stereocenters. The summed E-state index contributed by atoms with van der Waals surface area (Å²) in [6, 6.07) is 9.98. The van der Waals surface area contributed by atoms with Gasteiger partial charge in [0.15, 0.2) is 0 Å². The first kappa shape index (κ1) is 19.6. The number of benzene rings is 1. The van der Waals surface area contributed by atoms with Gasteiger partial charge in [-0.25, -0.2) is 0 Å². The average Bonchev–Trinajstić information content (AvgIpc) is 3.10. The third-order valence-corrected chi connectivity index (χ3v) is 6.04. The molecule has 1 atom stereocenters. The van der Waals surface area contributed by atoms with E-state index in [-0.39, 0.29) is 0 Å². The van der Waals surface area contributed by atoms with Crippen LogP contribution in [0.2, 0.25) is 0 Å². The third-order valence-electron chi connectivity index (χ3n) is 5.20. The fourth-order valence-electron chi connectivity index (χ4n) is 3.55. The van der Waals surface area contributed by atoms with Crippen molar-refractivity contribution in [3.05, 3.63) is 65.8 Å². The second-order valence-electron chi connectivity index (χ2n) is 7.78. The summed E-state index contributed by atoms with van der Waals surface area (Å²) >= 11 is 1.64. The molecule has 3 rings (SSSR count). The highest BCUT2D eigenvalue weighted by molar-refractivity contribution is 7.99. The lowest BCUT2D eigenvalue weighted by molar-refractivity contribution is 0.255. The molecular weight excluding hydrogens is 352 g/mol. The Morgan fingerprint density at radius 1 is 1.30 bits per heavy atom. The zero-order chi connectivity index (χ0) is 19.3. The van der Waals surface area contributed by atoms with E-state index in [9.17, 15) is 0 Å². The molecule has 1 aromatic heterocycles. The van der Waals surface area contributed by atoms with Crippen molar-refractivity contribution in [1.82, 2.24) is 20.2 Å². The van der Waals surface area contributed by atoms with E-state index in [2.05, 4.69) is 67.5 Å². The van der Waals surface area contributed by atoms with Crippen LogP contribution in [0.25, 0.3) is 5.69 Å². The first-order valence-electron chi connectivity index (χ1n) is 9.45. The predicted molar refractivity (Wildman–Crippen MR) is 113 cm³/mol. The van der Waals surface area contributed by atoms with Gasteiger partial charge in [-0.1, -0.05) is 79.3 Å². The topological polar surface area (TPSA) is 43.6 Å². The number of hydrogen-bond acceptors (Lipinski definition) is 4. The average molecular weight is 381 g/mol. The zero-order valence-corrected chi connectivity index (χ0v) is 17.4. The molecule has 0 amide bonds. The van der Waals surface area contributed by atoms with Gasteiger partial charge in [-0.3, -0.25) is 0 Å². The van der Waals surface area contributed by atoms with Crippen LogP contribution in [-0.2, 0) is 0 Å². The van der Waals surface area contributed by atoms with E-state index in [1.165, 1.54) is 24.0 Å². The highest BCUT2D eigenvalue weighted by atomic mass is 32.2. The monoisotopic (exact) mass is 380 g/mol. The van der Waals surface area contributed by atoms with Crippen molar-refractivity contribution in [3.8, 4) is 5.69 Å². The fraction of sp³-hybridized carbons (Fsp3) is 0.409. The van der Waals surface area contributed by atoms with Crippen LogP contribution in [-0.4, -0.2) is 26.0 Å². The number of aromatic nitrogens is 4. The maximum absolute atomic E-state index is 4.15. The molecule has 4 nitrogen and oxygen atoms in total. The molecule has 0 saturated carbocycles. The standard InChI is InChI=1S/C22H28N4S/c1-17(12-13-20-18(2)9-8-15-22(20,3)4)14-16-27-21-23-24-25-26(21)19-10-6-5-7-11-19/h5-7,9-14,20H,8,15-16H2,1-4H3/b13-12+,17-14+. The molecule has 1 aromatic carbocycles. The summed E-state index contributed by atoms with van der Waals surface area (Å²) in [7, 11) is 0. The smallest absolute Gasteiger partial charge is 0.188 e. The Morgan fingerprint density at radius 2 is 2.07 bits per heavy atom. The number of rotatable bonds is 6. The van der Waals surface area contributed by atoms with Crippen molar-refractivity contribution in [2.75, 3.05) is 5.75 Å². The molecule has 0 spiro atoms. The van der Waals surface area contributed by atoms with Crippen molar-refractivity contribution in [1.29, 1.82) is 0 Å². The van der Waals surface area contributed by atoms with Crippen LogP contribution in [0.5, 0.6) is 0 Å². The van der Waals surface area contributed by atoms with Crippen LogP contribution in [0.15, 0.2) is 70.9 Å². The van der Waals surface area contributed by atoms with E-state index < -0.39 is 0 Å². The molecule has 1 heterocycles. The molecule has 1 aliphatic rings. The lowest BCUT2D eigenvalue weighted by atomic mass is 9.68. The van der Waals surface area contributed by atoms with Crippen molar-refractivity contribution < 1.29 is 0 Å². The molecule has 0 fully saturated rings. The van der Waals surface area contributed by atoms with Gasteiger partial charge in [0.05, 0.1) is 5.69 Å². The maximum atomic E-state index is 4.15. The summed E-state index contributed by atoms with van der Waals surface area (Å²) in [5, 5.41) is 12.9. The molecule has 5 heteroatoms. The van der Waals surface area contributed by atoms with Crippen LogP contribution in [0.1, 0.15) is 40.5 Å². The van der Waals surface area contributed by atoms with Crippen LogP contribution in [0.4, 0.5) is 0 Å². The largest absolute Gasteiger partial charge is 0.214 e. The van der Waals surface area contributed by atoms with E-state index in [0.29, 0.717) is 11.3 Å². The lowest BCUT2D eigenvalue weighted by Crippen LogP contribution is -2.26. The van der Waals surface area contributed by atoms with Crippen LogP contribution in [0.3, 0.4) is 0 Å².